The second-order valence-electron chi connectivity index (χ2n) is 4.19. The summed E-state index contributed by atoms with van der Waals surface area (Å²) in [5.74, 6) is 0.249. The second kappa shape index (κ2) is 3.98. The lowest BCUT2D eigenvalue weighted by atomic mass is 9.91. The molecule has 0 fully saturated rings. The van der Waals surface area contributed by atoms with Gasteiger partial charge in [0.15, 0.2) is 11.9 Å². The van der Waals surface area contributed by atoms with E-state index in [1.165, 1.54) is 19.2 Å². The highest BCUT2D eigenvalue weighted by Crippen LogP contribution is 2.48. The third-order valence-electron chi connectivity index (χ3n) is 3.15. The molecule has 6 heteroatoms. The number of carbonyl (C=O) groups excluding carboxylic acids is 1. The summed E-state index contributed by atoms with van der Waals surface area (Å²) < 4.78 is 48.8. The van der Waals surface area contributed by atoms with Crippen LogP contribution in [0.3, 0.4) is 0 Å². The lowest BCUT2D eigenvalue weighted by molar-refractivity contribution is -0.272. The zero-order chi connectivity index (χ0) is 13.6. The molecule has 1 aromatic carbocycles. The fourth-order valence-electron chi connectivity index (χ4n) is 2.01. The number of halogens is 3. The molecule has 2 rings (SSSR count). The molecule has 0 saturated carbocycles. The van der Waals surface area contributed by atoms with Crippen molar-refractivity contribution in [2.24, 2.45) is 0 Å². The Hall–Kier alpha value is -1.56. The predicted octanol–water partition coefficient (Wildman–Crippen LogP) is 2.82. The average Bonchev–Trinajstić information content (AvgIpc) is 2.65. The molecule has 1 unspecified atom stereocenters. The van der Waals surface area contributed by atoms with Crippen molar-refractivity contribution >= 4 is 6.29 Å². The number of carbonyl (C=O) groups is 1. The molecule has 1 aliphatic rings. The lowest BCUT2D eigenvalue weighted by Crippen LogP contribution is -2.39. The molecule has 1 aliphatic heterocycles. The third-order valence-corrected chi connectivity index (χ3v) is 3.15. The van der Waals surface area contributed by atoms with Crippen LogP contribution in [0.2, 0.25) is 0 Å². The van der Waals surface area contributed by atoms with Gasteiger partial charge < -0.3 is 9.47 Å². The first kappa shape index (κ1) is 12.9. The molecular weight excluding hydrogens is 249 g/mol. The van der Waals surface area contributed by atoms with Gasteiger partial charge in [0.1, 0.15) is 5.75 Å². The average molecular weight is 260 g/mol. The molecule has 1 atom stereocenters. The van der Waals surface area contributed by atoms with Crippen molar-refractivity contribution < 1.29 is 27.4 Å². The van der Waals surface area contributed by atoms with Crippen LogP contribution in [0, 0.1) is 0 Å². The third kappa shape index (κ3) is 1.68. The summed E-state index contributed by atoms with van der Waals surface area (Å²) in [4.78, 5) is 10.8. The summed E-state index contributed by atoms with van der Waals surface area (Å²) in [5, 5.41) is 0. The Bertz CT molecular complexity index is 496. The number of aldehydes is 1. The van der Waals surface area contributed by atoms with Crippen LogP contribution in [-0.2, 0) is 16.9 Å². The second-order valence-corrected chi connectivity index (χ2v) is 4.19. The van der Waals surface area contributed by atoms with Gasteiger partial charge in [0.25, 0.3) is 0 Å². The monoisotopic (exact) mass is 260 g/mol. The molecule has 98 valence electrons. The summed E-state index contributed by atoms with van der Waals surface area (Å²) >= 11 is 0. The predicted molar refractivity (Wildman–Crippen MR) is 56.6 cm³/mol. The normalized spacial score (nSPS) is 22.7. The minimum Gasteiger partial charge on any atom is -0.496 e. The van der Waals surface area contributed by atoms with Gasteiger partial charge in [0.05, 0.1) is 19.3 Å². The van der Waals surface area contributed by atoms with E-state index in [0.717, 1.165) is 6.92 Å². The van der Waals surface area contributed by atoms with Crippen LogP contribution in [0.4, 0.5) is 13.2 Å². The maximum absolute atomic E-state index is 13.0. The number of benzene rings is 1. The number of hydrogen-bond acceptors (Lipinski definition) is 3. The van der Waals surface area contributed by atoms with Gasteiger partial charge in [-0.3, -0.25) is 4.79 Å². The SMILES string of the molecule is COc1cc2c(cc1C=O)C(C)(C(F)(F)F)OC2. The molecule has 0 amide bonds. The van der Waals surface area contributed by atoms with E-state index < -0.39 is 11.8 Å². The first-order chi connectivity index (χ1) is 8.33. The van der Waals surface area contributed by atoms with Gasteiger partial charge in [-0.2, -0.15) is 13.2 Å². The molecule has 0 N–H and O–H groups in total. The van der Waals surface area contributed by atoms with Crippen molar-refractivity contribution in [1.29, 1.82) is 0 Å². The molecule has 1 aromatic rings. The first-order valence-corrected chi connectivity index (χ1v) is 5.20. The summed E-state index contributed by atoms with van der Waals surface area (Å²) in [6.45, 7) is 0.806. The molecule has 0 aromatic heterocycles. The van der Waals surface area contributed by atoms with E-state index in [2.05, 4.69) is 0 Å². The largest absolute Gasteiger partial charge is 0.496 e. The zero-order valence-corrected chi connectivity index (χ0v) is 9.80. The van der Waals surface area contributed by atoms with Crippen LogP contribution in [0.15, 0.2) is 12.1 Å². The lowest BCUT2D eigenvalue weighted by Gasteiger charge is -2.27. The molecule has 3 nitrogen and oxygen atoms in total. The molecule has 0 bridgehead atoms. The van der Waals surface area contributed by atoms with Gasteiger partial charge in [-0.15, -0.1) is 0 Å². The quantitative estimate of drug-likeness (QED) is 0.767. The summed E-state index contributed by atoms with van der Waals surface area (Å²) in [5.41, 5.74) is -1.93. The minimum atomic E-state index is -4.53. The molecule has 1 heterocycles. The van der Waals surface area contributed by atoms with Crippen molar-refractivity contribution in [3.8, 4) is 5.75 Å². The highest BCUT2D eigenvalue weighted by atomic mass is 19.4. The molecule has 0 spiro atoms. The summed E-state index contributed by atoms with van der Waals surface area (Å²) in [6.07, 6.45) is -4.07. The van der Waals surface area contributed by atoms with E-state index >= 15 is 0 Å². The molecule has 18 heavy (non-hydrogen) atoms. The Balaban J connectivity index is 2.61. The Morgan fingerprint density at radius 1 is 1.44 bits per heavy atom. The Morgan fingerprint density at radius 2 is 2.11 bits per heavy atom. The maximum atomic E-state index is 13.0. The van der Waals surface area contributed by atoms with Crippen molar-refractivity contribution in [2.45, 2.75) is 25.3 Å². The maximum Gasteiger partial charge on any atom is 0.421 e. The van der Waals surface area contributed by atoms with Gasteiger partial charge in [-0.25, -0.2) is 0 Å². The van der Waals surface area contributed by atoms with Crippen LogP contribution < -0.4 is 4.74 Å². The Kier molecular flexibility index (Phi) is 2.85. The smallest absolute Gasteiger partial charge is 0.421 e. The molecule has 0 aliphatic carbocycles. The number of rotatable bonds is 2. The fraction of sp³-hybridized carbons (Fsp3) is 0.417. The van der Waals surface area contributed by atoms with Gasteiger partial charge in [0, 0.05) is 0 Å². The Labute approximate surface area is 102 Å². The van der Waals surface area contributed by atoms with E-state index in [-0.39, 0.29) is 23.5 Å². The number of ether oxygens (including phenoxy) is 2. The van der Waals surface area contributed by atoms with Gasteiger partial charge >= 0.3 is 6.18 Å². The molecular formula is C12H11F3O3. The van der Waals surface area contributed by atoms with Crippen LogP contribution in [-0.4, -0.2) is 19.6 Å². The summed E-state index contributed by atoms with van der Waals surface area (Å²) in [7, 11) is 1.35. The van der Waals surface area contributed by atoms with E-state index in [4.69, 9.17) is 9.47 Å². The van der Waals surface area contributed by atoms with Crippen LogP contribution in [0.25, 0.3) is 0 Å². The number of alkyl halides is 3. The van der Waals surface area contributed by atoms with Crippen molar-refractivity contribution in [3.05, 3.63) is 28.8 Å². The fourth-order valence-corrected chi connectivity index (χ4v) is 2.01. The first-order valence-electron chi connectivity index (χ1n) is 5.20. The zero-order valence-electron chi connectivity index (χ0n) is 9.80. The standard InChI is InChI=1S/C12H11F3O3/c1-11(12(13,14)15)9-3-7(5-16)10(17-2)4-8(9)6-18-11/h3-5H,6H2,1-2H3. The number of methoxy groups -OCH3 is 1. The molecule has 0 radical (unpaired) electrons. The highest BCUT2D eigenvalue weighted by Gasteiger charge is 2.57. The van der Waals surface area contributed by atoms with Crippen molar-refractivity contribution in [3.63, 3.8) is 0 Å². The highest BCUT2D eigenvalue weighted by molar-refractivity contribution is 5.80. The van der Waals surface area contributed by atoms with Crippen LogP contribution >= 0.6 is 0 Å². The van der Waals surface area contributed by atoms with Crippen molar-refractivity contribution in [1.82, 2.24) is 0 Å². The number of fused-ring (bicyclic) bond motifs is 1. The van der Waals surface area contributed by atoms with Crippen LogP contribution in [0.5, 0.6) is 5.75 Å². The van der Waals surface area contributed by atoms with Gasteiger partial charge in [-0.1, -0.05) is 0 Å². The minimum absolute atomic E-state index is 0.0297. The van der Waals surface area contributed by atoms with E-state index in [0.29, 0.717) is 11.8 Å². The van der Waals surface area contributed by atoms with Gasteiger partial charge in [0.2, 0.25) is 0 Å². The van der Waals surface area contributed by atoms with E-state index in [1.807, 2.05) is 0 Å². The van der Waals surface area contributed by atoms with E-state index in [9.17, 15) is 18.0 Å². The topological polar surface area (TPSA) is 35.5 Å². The van der Waals surface area contributed by atoms with Crippen LogP contribution in [0.1, 0.15) is 28.4 Å². The summed E-state index contributed by atoms with van der Waals surface area (Å²) in [6, 6.07) is 2.59. The Morgan fingerprint density at radius 3 is 2.61 bits per heavy atom. The molecule has 0 saturated heterocycles. The van der Waals surface area contributed by atoms with Gasteiger partial charge in [-0.05, 0) is 30.2 Å². The van der Waals surface area contributed by atoms with Crippen molar-refractivity contribution in [2.75, 3.05) is 7.11 Å². The number of hydrogen-bond donors (Lipinski definition) is 0. The van der Waals surface area contributed by atoms with E-state index in [1.54, 1.807) is 0 Å².